The highest BCUT2D eigenvalue weighted by Crippen LogP contribution is 2.34. The molecule has 0 saturated carbocycles. The Hall–Kier alpha value is -3.40. The van der Waals surface area contributed by atoms with E-state index in [4.69, 9.17) is 4.74 Å². The first-order chi connectivity index (χ1) is 13.5. The number of hydrogen-bond acceptors (Lipinski definition) is 5. The van der Waals surface area contributed by atoms with Crippen molar-refractivity contribution in [2.45, 2.75) is 45.4 Å². The minimum absolute atomic E-state index is 0.0282. The molecule has 0 spiro atoms. The summed E-state index contributed by atoms with van der Waals surface area (Å²) in [7, 11) is 0. The van der Waals surface area contributed by atoms with Crippen LogP contribution in [0.5, 0.6) is 0 Å². The Morgan fingerprint density at radius 2 is 2.25 bits per heavy atom. The third-order valence-corrected chi connectivity index (χ3v) is 4.92. The van der Waals surface area contributed by atoms with Gasteiger partial charge in [0.15, 0.2) is 0 Å². The van der Waals surface area contributed by atoms with Gasteiger partial charge in [-0.1, -0.05) is 0 Å². The first-order valence-electron chi connectivity index (χ1n) is 9.33. The van der Waals surface area contributed by atoms with Gasteiger partial charge in [0.05, 0.1) is 30.0 Å². The van der Waals surface area contributed by atoms with E-state index in [2.05, 4.69) is 26.2 Å². The Labute approximate surface area is 162 Å². The predicted octanol–water partition coefficient (Wildman–Crippen LogP) is 2.95. The molecular formula is C21H21N5O2. The minimum atomic E-state index is -0.396. The van der Waals surface area contributed by atoms with Crippen LogP contribution < -0.4 is 5.32 Å². The molecule has 0 fully saturated rings. The van der Waals surface area contributed by atoms with Crippen molar-refractivity contribution in [2.24, 2.45) is 0 Å². The van der Waals surface area contributed by atoms with Gasteiger partial charge in [-0.2, -0.15) is 15.5 Å². The number of aromatic nitrogens is 3. The van der Waals surface area contributed by atoms with Crippen molar-refractivity contribution in [1.82, 2.24) is 20.1 Å². The van der Waals surface area contributed by atoms with Gasteiger partial charge in [-0.15, -0.1) is 0 Å². The second-order valence-electron chi connectivity index (χ2n) is 7.27. The van der Waals surface area contributed by atoms with Gasteiger partial charge in [0, 0.05) is 35.3 Å². The number of hydrogen-bond donors (Lipinski definition) is 1. The summed E-state index contributed by atoms with van der Waals surface area (Å²) in [6, 6.07) is 11.7. The number of ether oxygens (including phenoxy) is 1. The SMILES string of the molecule is CC(C)OC(=O)NC1Cc2c(n(Cc3cccnn3)c3ccc(C#N)cc23)C1. The smallest absolute Gasteiger partial charge is 0.407 e. The van der Waals surface area contributed by atoms with Crippen molar-refractivity contribution in [3.8, 4) is 6.07 Å². The van der Waals surface area contributed by atoms with Gasteiger partial charge in [0.1, 0.15) is 0 Å². The van der Waals surface area contributed by atoms with Crippen LogP contribution in [0.15, 0.2) is 36.5 Å². The molecule has 1 aromatic carbocycles. The quantitative estimate of drug-likeness (QED) is 0.757. The summed E-state index contributed by atoms with van der Waals surface area (Å²) in [5.41, 5.74) is 4.89. The zero-order valence-corrected chi connectivity index (χ0v) is 15.8. The monoisotopic (exact) mass is 375 g/mol. The molecule has 2 aromatic heterocycles. The van der Waals surface area contributed by atoms with E-state index in [-0.39, 0.29) is 12.1 Å². The summed E-state index contributed by atoms with van der Waals surface area (Å²) >= 11 is 0. The van der Waals surface area contributed by atoms with Gasteiger partial charge in [-0.3, -0.25) is 0 Å². The van der Waals surface area contributed by atoms with E-state index in [0.29, 0.717) is 24.9 Å². The molecule has 142 valence electrons. The van der Waals surface area contributed by atoms with E-state index >= 15 is 0 Å². The molecule has 1 amide bonds. The molecule has 0 saturated heterocycles. The van der Waals surface area contributed by atoms with Crippen LogP contribution in [-0.4, -0.2) is 33.0 Å². The van der Waals surface area contributed by atoms with Crippen LogP contribution in [0.1, 0.15) is 36.4 Å². The number of nitrogens with zero attached hydrogens (tertiary/aromatic N) is 4. The number of nitrogens with one attached hydrogen (secondary N) is 1. The standard InChI is InChI=1S/C21H21N5O2/c1-13(2)28-21(27)24-16-9-18-17-8-14(11-22)5-6-19(17)26(20(18)10-16)12-15-4-3-7-23-25-15/h3-8,13,16H,9-10,12H2,1-2H3,(H,24,27). The Kier molecular flexibility index (Phi) is 4.70. The Morgan fingerprint density at radius 1 is 1.39 bits per heavy atom. The van der Waals surface area contributed by atoms with Crippen LogP contribution in [0.25, 0.3) is 10.9 Å². The lowest BCUT2D eigenvalue weighted by Crippen LogP contribution is -2.37. The van der Waals surface area contributed by atoms with Gasteiger partial charge in [0.2, 0.25) is 0 Å². The largest absolute Gasteiger partial charge is 0.447 e. The fourth-order valence-corrected chi connectivity index (χ4v) is 3.84. The second-order valence-corrected chi connectivity index (χ2v) is 7.27. The maximum atomic E-state index is 12.0. The van der Waals surface area contributed by atoms with Gasteiger partial charge in [-0.05, 0) is 56.2 Å². The molecule has 0 aliphatic heterocycles. The normalized spacial score (nSPS) is 15.4. The van der Waals surface area contributed by atoms with E-state index in [1.165, 1.54) is 5.56 Å². The molecule has 0 bridgehead atoms. The van der Waals surface area contributed by atoms with E-state index < -0.39 is 6.09 Å². The molecule has 7 heteroatoms. The van der Waals surface area contributed by atoms with Crippen LogP contribution in [0, 0.1) is 11.3 Å². The first kappa shape index (κ1) is 18.0. The molecular weight excluding hydrogens is 354 g/mol. The lowest BCUT2D eigenvalue weighted by Gasteiger charge is -2.16. The van der Waals surface area contributed by atoms with Gasteiger partial charge >= 0.3 is 6.09 Å². The third-order valence-electron chi connectivity index (χ3n) is 4.92. The summed E-state index contributed by atoms with van der Waals surface area (Å²) in [5, 5.41) is 21.5. The molecule has 1 aliphatic rings. The van der Waals surface area contributed by atoms with Gasteiger partial charge in [-0.25, -0.2) is 4.79 Å². The van der Waals surface area contributed by atoms with Gasteiger partial charge in [0.25, 0.3) is 0 Å². The van der Waals surface area contributed by atoms with Crippen LogP contribution in [0.2, 0.25) is 0 Å². The number of nitriles is 1. The molecule has 1 unspecified atom stereocenters. The molecule has 3 aromatic rings. The number of fused-ring (bicyclic) bond motifs is 3. The van der Waals surface area contributed by atoms with Crippen LogP contribution in [0.4, 0.5) is 4.79 Å². The lowest BCUT2D eigenvalue weighted by molar-refractivity contribution is 0.112. The zero-order chi connectivity index (χ0) is 19.7. The van der Waals surface area contributed by atoms with Gasteiger partial charge < -0.3 is 14.6 Å². The topological polar surface area (TPSA) is 92.8 Å². The Morgan fingerprint density at radius 3 is 2.96 bits per heavy atom. The van der Waals surface area contributed by atoms with Crippen LogP contribution in [-0.2, 0) is 24.1 Å². The summed E-state index contributed by atoms with van der Waals surface area (Å²) in [5.74, 6) is 0. The summed E-state index contributed by atoms with van der Waals surface area (Å²) in [6.45, 7) is 4.25. The summed E-state index contributed by atoms with van der Waals surface area (Å²) < 4.78 is 7.43. The van der Waals surface area contributed by atoms with Crippen molar-refractivity contribution >= 4 is 17.0 Å². The Bertz CT molecular complexity index is 1070. The van der Waals surface area contributed by atoms with Crippen molar-refractivity contribution in [1.29, 1.82) is 5.26 Å². The van der Waals surface area contributed by atoms with E-state index in [1.54, 1.807) is 6.20 Å². The van der Waals surface area contributed by atoms with Crippen molar-refractivity contribution in [3.63, 3.8) is 0 Å². The molecule has 28 heavy (non-hydrogen) atoms. The molecule has 2 heterocycles. The fraction of sp³-hybridized carbons (Fsp3) is 0.333. The van der Waals surface area contributed by atoms with E-state index in [9.17, 15) is 10.1 Å². The molecule has 1 N–H and O–H groups in total. The third kappa shape index (κ3) is 3.41. The van der Waals surface area contributed by atoms with Crippen molar-refractivity contribution in [3.05, 3.63) is 59.0 Å². The highest BCUT2D eigenvalue weighted by Gasteiger charge is 2.30. The first-order valence-corrected chi connectivity index (χ1v) is 9.33. The van der Waals surface area contributed by atoms with Crippen molar-refractivity contribution in [2.75, 3.05) is 0 Å². The maximum absolute atomic E-state index is 12.0. The number of amides is 1. The maximum Gasteiger partial charge on any atom is 0.407 e. The molecule has 7 nitrogen and oxygen atoms in total. The fourth-order valence-electron chi connectivity index (χ4n) is 3.84. The predicted molar refractivity (Wildman–Crippen MR) is 104 cm³/mol. The average molecular weight is 375 g/mol. The minimum Gasteiger partial charge on any atom is -0.447 e. The highest BCUT2D eigenvalue weighted by atomic mass is 16.6. The number of carbonyl (C=O) groups is 1. The molecule has 1 aliphatic carbocycles. The van der Waals surface area contributed by atoms with E-state index in [1.807, 2.05) is 44.2 Å². The lowest BCUT2D eigenvalue weighted by atomic mass is 10.1. The van der Waals surface area contributed by atoms with E-state index in [0.717, 1.165) is 22.3 Å². The number of rotatable bonds is 4. The number of benzene rings is 1. The van der Waals surface area contributed by atoms with Crippen LogP contribution in [0.3, 0.4) is 0 Å². The highest BCUT2D eigenvalue weighted by molar-refractivity contribution is 5.88. The van der Waals surface area contributed by atoms with Crippen molar-refractivity contribution < 1.29 is 9.53 Å². The summed E-state index contributed by atoms with van der Waals surface area (Å²) in [6.07, 6.45) is 2.52. The van der Waals surface area contributed by atoms with Crippen LogP contribution >= 0.6 is 0 Å². The summed E-state index contributed by atoms with van der Waals surface area (Å²) in [4.78, 5) is 12.0. The average Bonchev–Trinajstić information content (AvgIpc) is 3.19. The number of carbonyl (C=O) groups excluding carboxylic acids is 1. The molecule has 4 rings (SSSR count). The Balaban J connectivity index is 1.69. The second kappa shape index (κ2) is 7.31. The molecule has 0 radical (unpaired) electrons. The number of alkyl carbamates (subject to hydrolysis) is 1. The zero-order valence-electron chi connectivity index (χ0n) is 15.8. The molecule has 1 atom stereocenters.